The lowest BCUT2D eigenvalue weighted by Crippen LogP contribution is -2.27. The van der Waals surface area contributed by atoms with E-state index in [1.807, 2.05) is 0 Å². The van der Waals surface area contributed by atoms with Crippen LogP contribution in [0.15, 0.2) is 131 Å². The number of ether oxygens (including phenoxy) is 2. The van der Waals surface area contributed by atoms with Gasteiger partial charge < -0.3 is 36.1 Å². The maximum absolute atomic E-state index is 12.9. The van der Waals surface area contributed by atoms with Crippen LogP contribution in [0.2, 0.25) is 10.6 Å². The third kappa shape index (κ3) is 19.9. The van der Waals surface area contributed by atoms with Gasteiger partial charge in [-0.25, -0.2) is 4.98 Å². The highest BCUT2D eigenvalue weighted by Crippen LogP contribution is 2.31. The molecule has 0 spiro atoms. The second-order valence-corrected chi connectivity index (χ2v) is 23.2. The van der Waals surface area contributed by atoms with Crippen molar-refractivity contribution in [1.82, 2.24) is 35.2 Å². The van der Waals surface area contributed by atoms with Crippen molar-refractivity contribution < 1.29 is 64.7 Å². The molecule has 2 heterocycles. The van der Waals surface area contributed by atoms with E-state index in [1.165, 1.54) is 66.7 Å². The largest absolute Gasteiger partial charge is 0.381 e. The van der Waals surface area contributed by atoms with Crippen molar-refractivity contribution in [2.75, 3.05) is 60.8 Å². The molecule has 0 fully saturated rings. The second kappa shape index (κ2) is 31.6. The molecule has 94 heavy (non-hydrogen) atoms. The van der Waals surface area contributed by atoms with Crippen molar-refractivity contribution in [1.29, 1.82) is 0 Å². The summed E-state index contributed by atoms with van der Waals surface area (Å²) in [6.45, 7) is 0.921. The number of non-ortho nitro benzene ring substituents is 2. The molecule has 2 aromatic heterocycles. The highest BCUT2D eigenvalue weighted by atomic mass is 35.5. The molecule has 0 saturated heterocycles. The van der Waals surface area contributed by atoms with Gasteiger partial charge in [0.25, 0.3) is 48.9 Å². The number of nitrogens with zero attached hydrogens (tertiary/aromatic N) is 10. The molecule has 0 unspecified atom stereocenters. The third-order valence-corrected chi connectivity index (χ3v) is 15.4. The molecule has 6 aromatic carbocycles. The van der Waals surface area contributed by atoms with Crippen LogP contribution >= 0.6 is 23.2 Å². The third-order valence-electron chi connectivity index (χ3n) is 13.2. The number of carbonyl (C=O) groups excluding carboxylic acids is 2. The number of anilines is 7. The van der Waals surface area contributed by atoms with Gasteiger partial charge in [-0.05, 0) is 138 Å². The van der Waals surface area contributed by atoms with Gasteiger partial charge in [0.05, 0.1) is 45.0 Å². The Morgan fingerprint density at radius 2 is 1.04 bits per heavy atom. The lowest BCUT2D eigenvalue weighted by atomic mass is 10.1. The Kier molecular flexibility index (Phi) is 23.3. The highest BCUT2D eigenvalue weighted by molar-refractivity contribution is 7.86. The minimum absolute atomic E-state index is 0.000121. The van der Waals surface area contributed by atoms with E-state index in [9.17, 15) is 76.0 Å². The van der Waals surface area contributed by atoms with Gasteiger partial charge >= 0.3 is 0 Å². The van der Waals surface area contributed by atoms with Gasteiger partial charge in [-0.15, -0.1) is 0 Å². The molecule has 0 aliphatic heterocycles. The minimum Gasteiger partial charge on any atom is -0.381 e. The number of nitro groups is 4. The number of hydrogen-bond acceptors (Lipinski definition) is 26. The van der Waals surface area contributed by atoms with Crippen LogP contribution < -0.4 is 26.6 Å². The molecule has 33 nitrogen and oxygen atoms in total. The number of aryl methyl sites for hydroxylation is 1. The average Bonchev–Trinajstić information content (AvgIpc) is 0.832. The fraction of sp³-hybridized carbons (Fsp3) is 0.193. The van der Waals surface area contributed by atoms with Crippen molar-refractivity contribution in [3.63, 3.8) is 0 Å². The van der Waals surface area contributed by atoms with E-state index >= 15 is 0 Å². The topological polar surface area (TPSA) is 471 Å². The van der Waals surface area contributed by atoms with E-state index in [0.717, 1.165) is 30.3 Å². The number of nitro benzene ring substituents is 4. The van der Waals surface area contributed by atoms with E-state index in [0.29, 0.717) is 35.3 Å². The average molecular weight is 1370 g/mol. The monoisotopic (exact) mass is 1370 g/mol. The molecule has 8 rings (SSSR count). The Bertz CT molecular complexity index is 4180. The molecule has 1 amide bonds. The molecule has 0 saturated carbocycles. The van der Waals surface area contributed by atoms with Gasteiger partial charge in [0.1, 0.15) is 21.3 Å². The molecule has 0 radical (unpaired) electrons. The summed E-state index contributed by atoms with van der Waals surface area (Å²) in [4.78, 5) is 91.4. The quantitative estimate of drug-likeness (QED) is 0.00502. The van der Waals surface area contributed by atoms with Gasteiger partial charge in [0, 0.05) is 85.0 Å². The van der Waals surface area contributed by atoms with Gasteiger partial charge in [-0.1, -0.05) is 30.4 Å². The molecule has 0 bridgehead atoms. The first-order valence-electron chi connectivity index (χ1n) is 27.5. The van der Waals surface area contributed by atoms with Crippen LogP contribution in [-0.4, -0.2) is 127 Å². The maximum Gasteiger partial charge on any atom is 0.299 e. The van der Waals surface area contributed by atoms with Crippen LogP contribution in [0.25, 0.3) is 12.2 Å². The Morgan fingerprint density at radius 3 is 1.65 bits per heavy atom. The summed E-state index contributed by atoms with van der Waals surface area (Å²) in [5, 5.41) is 58.4. The van der Waals surface area contributed by atoms with Crippen molar-refractivity contribution in [3.05, 3.63) is 212 Å². The standard InChI is InChI=1S/C57H51Cl2N15O18S2/c58-53-65-51(66-55(67-53)62-40-15-9-36(10-16-40)48(75)4-2-26-91-25-1-3-35-14-20-43(71(77)78)32-46(35)73(81)82)30-34-5-6-37(49(29-34)93(85,86)87)7-8-38-11-19-42(31-50(38)94(88,89)90)64-57-69-54(59)68-56(70-57)63-41-17-12-39(13-18-41)52(76)61-24-28-92-27-23-60-45-22-21-44(72(79)80)33-47(45)74(83)84/h5-22,29,31-33,60H,1-4,23-28,30H2,(H,61,76)(H,85,86,87)(H,88,89,90)(H,62,65,66,67)(H2,63,64,68,69,70)/b8-7+. The Hall–Kier alpha value is -10.7. The first kappa shape index (κ1) is 69.2. The maximum atomic E-state index is 12.9. The highest BCUT2D eigenvalue weighted by Gasteiger charge is 2.23. The lowest BCUT2D eigenvalue weighted by Gasteiger charge is -2.11. The fourth-order valence-electron chi connectivity index (χ4n) is 8.83. The van der Waals surface area contributed by atoms with Crippen molar-refractivity contribution in [2.45, 2.75) is 41.9 Å². The fourth-order valence-corrected chi connectivity index (χ4v) is 10.6. The molecular formula is C57H51Cl2N15O18S2. The van der Waals surface area contributed by atoms with Gasteiger partial charge in [0.2, 0.25) is 28.4 Å². The first-order valence-corrected chi connectivity index (χ1v) is 31.2. The van der Waals surface area contributed by atoms with Crippen LogP contribution in [0.5, 0.6) is 0 Å². The molecule has 7 N–H and O–H groups in total. The van der Waals surface area contributed by atoms with Crippen LogP contribution in [0.3, 0.4) is 0 Å². The Labute approximate surface area is 542 Å². The minimum atomic E-state index is -4.97. The number of aromatic nitrogens is 6. The summed E-state index contributed by atoms with van der Waals surface area (Å²) >= 11 is 12.5. The molecule has 0 aliphatic rings. The van der Waals surface area contributed by atoms with Crippen molar-refractivity contribution >= 4 is 131 Å². The lowest BCUT2D eigenvalue weighted by molar-refractivity contribution is -0.394. The van der Waals surface area contributed by atoms with Crippen LogP contribution in [0, 0.1) is 40.5 Å². The molecular weight excluding hydrogens is 1320 g/mol. The van der Waals surface area contributed by atoms with Crippen molar-refractivity contribution in [3.8, 4) is 0 Å². The van der Waals surface area contributed by atoms with Gasteiger partial charge in [0.15, 0.2) is 5.78 Å². The summed E-state index contributed by atoms with van der Waals surface area (Å²) in [6.07, 6.45) is 3.49. The van der Waals surface area contributed by atoms with Crippen LogP contribution in [-0.2, 0) is 42.6 Å². The number of Topliss-reactive ketones (excluding diaryl/α,β-unsaturated/α-hetero) is 1. The number of hydrogen-bond donors (Lipinski definition) is 7. The number of rotatable bonds is 33. The van der Waals surface area contributed by atoms with E-state index < -0.39 is 67.0 Å². The predicted molar refractivity (Wildman–Crippen MR) is 341 cm³/mol. The summed E-state index contributed by atoms with van der Waals surface area (Å²) < 4.78 is 82.7. The van der Waals surface area contributed by atoms with Gasteiger partial charge in [-0.3, -0.25) is 59.2 Å². The van der Waals surface area contributed by atoms with E-state index in [2.05, 4.69) is 56.5 Å². The smallest absolute Gasteiger partial charge is 0.299 e. The van der Waals surface area contributed by atoms with Crippen molar-refractivity contribution in [2.24, 2.45) is 0 Å². The molecule has 488 valence electrons. The zero-order valence-electron chi connectivity index (χ0n) is 48.5. The zero-order valence-corrected chi connectivity index (χ0v) is 51.6. The van der Waals surface area contributed by atoms with Crippen LogP contribution in [0.1, 0.15) is 68.1 Å². The van der Waals surface area contributed by atoms with Crippen LogP contribution in [0.4, 0.5) is 63.3 Å². The molecule has 0 aliphatic carbocycles. The number of nitrogens with one attached hydrogen (secondary N) is 5. The van der Waals surface area contributed by atoms with E-state index in [4.69, 9.17) is 32.7 Å². The predicted octanol–water partition coefficient (Wildman–Crippen LogP) is 9.95. The number of benzene rings is 6. The number of amides is 1. The molecule has 0 atom stereocenters. The number of halogens is 2. The number of ketones is 1. The van der Waals surface area contributed by atoms with E-state index in [-0.39, 0.29) is 144 Å². The summed E-state index contributed by atoms with van der Waals surface area (Å²) in [7, 11) is -9.91. The summed E-state index contributed by atoms with van der Waals surface area (Å²) in [6, 6.07) is 26.9. The normalized spacial score (nSPS) is 11.4. The summed E-state index contributed by atoms with van der Waals surface area (Å²) in [5.41, 5.74) is 0.492. The Morgan fingerprint density at radius 1 is 0.532 bits per heavy atom. The summed E-state index contributed by atoms with van der Waals surface area (Å²) in [5.74, 6) is -0.772. The SMILES string of the molecule is O=C(CCCOCCCc1ccc([N+](=O)[O-])cc1[N+](=O)[O-])c1ccc(Nc2nc(Cl)nc(Cc3ccc(/C=C/c4ccc(Nc5nc(Cl)nc(Nc6ccc(C(=O)NCCOCCNc7ccc([N+](=O)[O-])cc7[N+](=O)[O-])cc6)n5)cc4S(=O)(=O)O)c(S(=O)(=O)O)c3)n2)cc1. The zero-order chi connectivity index (χ0) is 67.7. The van der Waals surface area contributed by atoms with Gasteiger partial charge in [-0.2, -0.15) is 41.8 Å². The Balaban J connectivity index is 0.818. The molecule has 8 aromatic rings. The molecule has 37 heteroatoms. The van der Waals surface area contributed by atoms with E-state index in [1.54, 1.807) is 36.4 Å². The first-order chi connectivity index (χ1) is 44.8. The second-order valence-electron chi connectivity index (χ2n) is 19.8. The number of carbonyl (C=O) groups is 2.